The van der Waals surface area contributed by atoms with Gasteiger partial charge < -0.3 is 5.11 Å². The molecule has 0 bridgehead atoms. The second kappa shape index (κ2) is 5.74. The third-order valence-corrected chi connectivity index (χ3v) is 4.97. The van der Waals surface area contributed by atoms with E-state index in [0.717, 1.165) is 40.8 Å². The third kappa shape index (κ3) is 2.56. The molecule has 2 aromatic rings. The fraction of sp³-hybridized carbons (Fsp3) is 0.235. The van der Waals surface area contributed by atoms with Gasteiger partial charge in [-0.3, -0.25) is 0 Å². The highest BCUT2D eigenvalue weighted by Gasteiger charge is 2.25. The lowest BCUT2D eigenvalue weighted by Crippen LogP contribution is -2.06. The molecule has 0 radical (unpaired) electrons. The summed E-state index contributed by atoms with van der Waals surface area (Å²) in [6.07, 6.45) is 4.75. The van der Waals surface area contributed by atoms with Gasteiger partial charge in [0, 0.05) is 9.92 Å². The third-order valence-electron chi connectivity index (χ3n) is 3.96. The van der Waals surface area contributed by atoms with E-state index in [1.54, 1.807) is 0 Å². The normalized spacial score (nSPS) is 13.2. The van der Waals surface area contributed by atoms with Gasteiger partial charge in [-0.15, -0.1) is 11.8 Å². The number of carboxylic acid groups (broad SMARTS) is 1. The van der Waals surface area contributed by atoms with Crippen LogP contribution in [0.2, 0.25) is 5.02 Å². The van der Waals surface area contributed by atoms with E-state index in [1.165, 1.54) is 17.3 Å². The number of thioether (sulfide) groups is 1. The minimum absolute atomic E-state index is 0.493. The molecule has 21 heavy (non-hydrogen) atoms. The average Bonchev–Trinajstić information content (AvgIpc) is 2.95. The summed E-state index contributed by atoms with van der Waals surface area (Å²) in [7, 11) is 0. The predicted octanol–water partition coefficient (Wildman–Crippen LogP) is 4.92. The van der Waals surface area contributed by atoms with Gasteiger partial charge in [0.1, 0.15) is 0 Å². The molecular formula is C17H15ClO2S. The van der Waals surface area contributed by atoms with Crippen LogP contribution in [0.4, 0.5) is 0 Å². The number of hydrogen-bond donors (Lipinski definition) is 1. The number of rotatable bonds is 3. The standard InChI is InChI=1S/C17H15ClO2S/c1-21-15-9-14(10-5-7-11(18)8-6-10)12-3-2-4-13(12)16(15)17(19)20/h5-9H,2-4H2,1H3,(H,19,20). The topological polar surface area (TPSA) is 37.3 Å². The molecule has 2 nitrogen and oxygen atoms in total. The maximum atomic E-state index is 11.6. The molecule has 0 atom stereocenters. The maximum Gasteiger partial charge on any atom is 0.337 e. The first-order valence-corrected chi connectivity index (χ1v) is 8.44. The number of halogens is 1. The zero-order valence-corrected chi connectivity index (χ0v) is 13.2. The van der Waals surface area contributed by atoms with Crippen LogP contribution in [0, 0.1) is 0 Å². The number of fused-ring (bicyclic) bond motifs is 1. The van der Waals surface area contributed by atoms with Crippen molar-refractivity contribution in [2.45, 2.75) is 24.2 Å². The summed E-state index contributed by atoms with van der Waals surface area (Å²) < 4.78 is 0. The smallest absolute Gasteiger partial charge is 0.337 e. The van der Waals surface area contributed by atoms with E-state index in [9.17, 15) is 9.90 Å². The molecule has 0 aromatic heterocycles. The monoisotopic (exact) mass is 318 g/mol. The molecule has 0 unspecified atom stereocenters. The highest BCUT2D eigenvalue weighted by molar-refractivity contribution is 7.98. The summed E-state index contributed by atoms with van der Waals surface area (Å²) in [6.45, 7) is 0. The Bertz CT molecular complexity index is 708. The molecule has 108 valence electrons. The van der Waals surface area contributed by atoms with Crippen LogP contribution in [0.25, 0.3) is 11.1 Å². The van der Waals surface area contributed by atoms with Crippen molar-refractivity contribution in [1.29, 1.82) is 0 Å². The fourth-order valence-corrected chi connectivity index (χ4v) is 3.81. The van der Waals surface area contributed by atoms with Crippen molar-refractivity contribution < 1.29 is 9.90 Å². The number of hydrogen-bond acceptors (Lipinski definition) is 2. The van der Waals surface area contributed by atoms with Gasteiger partial charge in [-0.1, -0.05) is 23.7 Å². The van der Waals surface area contributed by atoms with Crippen molar-refractivity contribution in [1.82, 2.24) is 0 Å². The molecule has 1 N–H and O–H groups in total. The lowest BCUT2D eigenvalue weighted by Gasteiger charge is -2.15. The summed E-state index contributed by atoms with van der Waals surface area (Å²) in [6, 6.07) is 9.77. The molecule has 0 fully saturated rings. The highest BCUT2D eigenvalue weighted by Crippen LogP contribution is 2.39. The zero-order chi connectivity index (χ0) is 15.0. The Morgan fingerprint density at radius 1 is 1.19 bits per heavy atom. The lowest BCUT2D eigenvalue weighted by atomic mass is 9.93. The van der Waals surface area contributed by atoms with Crippen LogP contribution in [-0.4, -0.2) is 17.3 Å². The van der Waals surface area contributed by atoms with Crippen molar-refractivity contribution in [2.24, 2.45) is 0 Å². The maximum absolute atomic E-state index is 11.6. The summed E-state index contributed by atoms with van der Waals surface area (Å²) in [4.78, 5) is 12.4. The van der Waals surface area contributed by atoms with Gasteiger partial charge in [0.25, 0.3) is 0 Å². The Kier molecular flexibility index (Phi) is 3.96. The SMILES string of the molecule is CSc1cc(-c2ccc(Cl)cc2)c2c(c1C(=O)O)CCC2. The molecule has 1 aliphatic carbocycles. The predicted molar refractivity (Wildman–Crippen MR) is 87.7 cm³/mol. The zero-order valence-electron chi connectivity index (χ0n) is 11.6. The van der Waals surface area contributed by atoms with Crippen molar-refractivity contribution in [3.05, 3.63) is 52.0 Å². The van der Waals surface area contributed by atoms with Gasteiger partial charge in [-0.05, 0) is 66.0 Å². The van der Waals surface area contributed by atoms with E-state index in [-0.39, 0.29) is 0 Å². The molecule has 0 saturated carbocycles. The molecule has 0 aliphatic heterocycles. The first kappa shape index (κ1) is 14.5. The van der Waals surface area contributed by atoms with E-state index in [2.05, 4.69) is 0 Å². The van der Waals surface area contributed by atoms with E-state index < -0.39 is 5.97 Å². The van der Waals surface area contributed by atoms with Crippen LogP contribution >= 0.6 is 23.4 Å². The van der Waals surface area contributed by atoms with Crippen molar-refractivity contribution in [3.63, 3.8) is 0 Å². The van der Waals surface area contributed by atoms with Gasteiger partial charge >= 0.3 is 5.97 Å². The molecule has 0 saturated heterocycles. The Labute approximate surface area is 133 Å². The van der Waals surface area contributed by atoms with Gasteiger partial charge in [-0.25, -0.2) is 4.79 Å². The average molecular weight is 319 g/mol. The Hall–Kier alpha value is -1.45. The first-order chi connectivity index (χ1) is 10.1. The van der Waals surface area contributed by atoms with Crippen LogP contribution < -0.4 is 0 Å². The Morgan fingerprint density at radius 3 is 2.48 bits per heavy atom. The quantitative estimate of drug-likeness (QED) is 0.816. The van der Waals surface area contributed by atoms with E-state index in [0.29, 0.717) is 10.6 Å². The second-order valence-electron chi connectivity index (χ2n) is 5.12. The van der Waals surface area contributed by atoms with Crippen LogP contribution in [0.15, 0.2) is 35.2 Å². The van der Waals surface area contributed by atoms with Gasteiger partial charge in [-0.2, -0.15) is 0 Å². The van der Waals surface area contributed by atoms with E-state index >= 15 is 0 Å². The van der Waals surface area contributed by atoms with E-state index in [1.807, 2.05) is 36.6 Å². The largest absolute Gasteiger partial charge is 0.478 e. The fourth-order valence-electron chi connectivity index (χ4n) is 3.04. The summed E-state index contributed by atoms with van der Waals surface area (Å²) >= 11 is 7.45. The number of carbonyl (C=O) groups is 1. The molecule has 4 heteroatoms. The van der Waals surface area contributed by atoms with Crippen molar-refractivity contribution in [2.75, 3.05) is 6.26 Å². The Balaban J connectivity index is 2.25. The highest BCUT2D eigenvalue weighted by atomic mass is 35.5. The minimum Gasteiger partial charge on any atom is -0.478 e. The summed E-state index contributed by atoms with van der Waals surface area (Å²) in [5.74, 6) is -0.819. The van der Waals surface area contributed by atoms with Gasteiger partial charge in [0.15, 0.2) is 0 Å². The molecule has 1 aliphatic rings. The van der Waals surface area contributed by atoms with Crippen LogP contribution in [0.5, 0.6) is 0 Å². The van der Waals surface area contributed by atoms with Gasteiger partial charge in [0.2, 0.25) is 0 Å². The van der Waals surface area contributed by atoms with Crippen LogP contribution in [0.1, 0.15) is 27.9 Å². The molecular weight excluding hydrogens is 304 g/mol. The summed E-state index contributed by atoms with van der Waals surface area (Å²) in [5.41, 5.74) is 4.94. The lowest BCUT2D eigenvalue weighted by molar-refractivity contribution is 0.0692. The molecule has 3 rings (SSSR count). The molecule has 0 spiro atoms. The number of aromatic carboxylic acids is 1. The first-order valence-electron chi connectivity index (χ1n) is 6.83. The van der Waals surface area contributed by atoms with Gasteiger partial charge in [0.05, 0.1) is 5.56 Å². The number of carboxylic acids is 1. The van der Waals surface area contributed by atoms with Crippen LogP contribution in [-0.2, 0) is 12.8 Å². The van der Waals surface area contributed by atoms with Crippen molar-refractivity contribution in [3.8, 4) is 11.1 Å². The molecule has 0 heterocycles. The minimum atomic E-state index is -0.819. The van der Waals surface area contributed by atoms with E-state index in [4.69, 9.17) is 11.6 Å². The van der Waals surface area contributed by atoms with Crippen LogP contribution in [0.3, 0.4) is 0 Å². The summed E-state index contributed by atoms with van der Waals surface area (Å²) in [5, 5.41) is 10.2. The number of benzene rings is 2. The molecule has 2 aromatic carbocycles. The molecule has 0 amide bonds. The second-order valence-corrected chi connectivity index (χ2v) is 6.41. The van der Waals surface area contributed by atoms with Crippen molar-refractivity contribution >= 4 is 29.3 Å². The Morgan fingerprint density at radius 2 is 1.86 bits per heavy atom.